The van der Waals surface area contributed by atoms with Gasteiger partial charge in [0.25, 0.3) is 0 Å². The SMILES string of the molecule is COC(=O)CCc1ncc(C(C)(C)C)o1. The second-order valence-corrected chi connectivity index (χ2v) is 4.44. The highest BCUT2D eigenvalue weighted by molar-refractivity contribution is 5.69. The summed E-state index contributed by atoms with van der Waals surface area (Å²) in [7, 11) is 1.37. The lowest BCUT2D eigenvalue weighted by Crippen LogP contribution is -2.09. The molecule has 0 fully saturated rings. The first-order valence-electron chi connectivity index (χ1n) is 4.95. The number of aryl methyl sites for hydroxylation is 1. The van der Waals surface area contributed by atoms with Crippen LogP contribution in [0.15, 0.2) is 10.6 Å². The van der Waals surface area contributed by atoms with Crippen LogP contribution in [0, 0.1) is 0 Å². The topological polar surface area (TPSA) is 52.3 Å². The average Bonchev–Trinajstić information content (AvgIpc) is 2.61. The van der Waals surface area contributed by atoms with E-state index in [0.717, 1.165) is 5.76 Å². The number of hydrogen-bond donors (Lipinski definition) is 0. The molecule has 0 N–H and O–H groups in total. The summed E-state index contributed by atoms with van der Waals surface area (Å²) in [6.07, 6.45) is 2.51. The van der Waals surface area contributed by atoms with Crippen molar-refractivity contribution in [3.05, 3.63) is 17.8 Å². The molecule has 1 heterocycles. The lowest BCUT2D eigenvalue weighted by Gasteiger charge is -2.12. The van der Waals surface area contributed by atoms with Gasteiger partial charge in [-0.15, -0.1) is 0 Å². The number of rotatable bonds is 3. The van der Waals surface area contributed by atoms with Gasteiger partial charge < -0.3 is 9.15 Å². The summed E-state index contributed by atoms with van der Waals surface area (Å²) in [6.45, 7) is 6.16. The van der Waals surface area contributed by atoms with Gasteiger partial charge in [0.2, 0.25) is 0 Å². The number of methoxy groups -OCH3 is 1. The van der Waals surface area contributed by atoms with Crippen LogP contribution in [-0.2, 0) is 21.4 Å². The van der Waals surface area contributed by atoms with E-state index in [2.05, 4.69) is 30.5 Å². The van der Waals surface area contributed by atoms with E-state index >= 15 is 0 Å². The van der Waals surface area contributed by atoms with Crippen molar-refractivity contribution in [3.8, 4) is 0 Å². The summed E-state index contributed by atoms with van der Waals surface area (Å²) in [6, 6.07) is 0. The Morgan fingerprint density at radius 1 is 1.53 bits per heavy atom. The number of carbonyl (C=O) groups is 1. The molecule has 1 aromatic rings. The van der Waals surface area contributed by atoms with Gasteiger partial charge >= 0.3 is 5.97 Å². The molecule has 0 saturated carbocycles. The number of esters is 1. The fourth-order valence-electron chi connectivity index (χ4n) is 1.08. The van der Waals surface area contributed by atoms with Crippen LogP contribution in [-0.4, -0.2) is 18.1 Å². The number of oxazole rings is 1. The van der Waals surface area contributed by atoms with Crippen LogP contribution >= 0.6 is 0 Å². The highest BCUT2D eigenvalue weighted by atomic mass is 16.5. The fourth-order valence-corrected chi connectivity index (χ4v) is 1.08. The number of hydrogen-bond acceptors (Lipinski definition) is 4. The quantitative estimate of drug-likeness (QED) is 0.718. The molecule has 0 aliphatic rings. The zero-order chi connectivity index (χ0) is 11.5. The smallest absolute Gasteiger partial charge is 0.306 e. The lowest BCUT2D eigenvalue weighted by molar-refractivity contribution is -0.140. The third-order valence-electron chi connectivity index (χ3n) is 2.06. The molecule has 0 unspecified atom stereocenters. The van der Waals surface area contributed by atoms with Crippen LogP contribution < -0.4 is 0 Å². The number of aromatic nitrogens is 1. The van der Waals surface area contributed by atoms with Crippen LogP contribution in [0.3, 0.4) is 0 Å². The Bertz CT molecular complexity index is 336. The van der Waals surface area contributed by atoms with E-state index in [4.69, 9.17) is 4.42 Å². The summed E-state index contributed by atoms with van der Waals surface area (Å²) < 4.78 is 10.1. The molecule has 0 aliphatic heterocycles. The first-order valence-corrected chi connectivity index (χ1v) is 4.95. The molecule has 1 rings (SSSR count). The molecule has 0 saturated heterocycles. The van der Waals surface area contributed by atoms with Crippen molar-refractivity contribution in [1.29, 1.82) is 0 Å². The lowest BCUT2D eigenvalue weighted by atomic mass is 9.94. The molecule has 0 atom stereocenters. The minimum absolute atomic E-state index is 0.0451. The molecule has 15 heavy (non-hydrogen) atoms. The van der Waals surface area contributed by atoms with E-state index in [1.54, 1.807) is 6.20 Å². The molecule has 1 aromatic heterocycles. The van der Waals surface area contributed by atoms with Crippen molar-refractivity contribution in [2.24, 2.45) is 0 Å². The highest BCUT2D eigenvalue weighted by Crippen LogP contribution is 2.22. The maximum atomic E-state index is 10.9. The second-order valence-electron chi connectivity index (χ2n) is 4.44. The van der Waals surface area contributed by atoms with E-state index in [1.807, 2.05) is 0 Å². The third kappa shape index (κ3) is 3.38. The van der Waals surface area contributed by atoms with Gasteiger partial charge in [-0.2, -0.15) is 0 Å². The number of ether oxygens (including phenoxy) is 1. The van der Waals surface area contributed by atoms with Crippen molar-refractivity contribution in [3.63, 3.8) is 0 Å². The Morgan fingerprint density at radius 2 is 2.20 bits per heavy atom. The van der Waals surface area contributed by atoms with E-state index in [-0.39, 0.29) is 11.4 Å². The van der Waals surface area contributed by atoms with E-state index < -0.39 is 0 Å². The first-order chi connectivity index (χ1) is 6.93. The van der Waals surface area contributed by atoms with Crippen molar-refractivity contribution in [2.75, 3.05) is 7.11 Å². The Kier molecular flexibility index (Phi) is 3.50. The first kappa shape index (κ1) is 11.8. The molecule has 0 spiro atoms. The van der Waals surface area contributed by atoms with Gasteiger partial charge in [0.05, 0.1) is 19.7 Å². The molecule has 0 aromatic carbocycles. The summed E-state index contributed by atoms with van der Waals surface area (Å²) >= 11 is 0. The Balaban J connectivity index is 2.58. The van der Waals surface area contributed by atoms with Gasteiger partial charge in [0, 0.05) is 11.8 Å². The maximum absolute atomic E-state index is 10.9. The van der Waals surface area contributed by atoms with Gasteiger partial charge in [0.1, 0.15) is 5.76 Å². The van der Waals surface area contributed by atoms with Crippen LogP contribution in [0.5, 0.6) is 0 Å². The molecule has 0 bridgehead atoms. The van der Waals surface area contributed by atoms with Crippen LogP contribution in [0.4, 0.5) is 0 Å². The van der Waals surface area contributed by atoms with E-state index in [9.17, 15) is 4.79 Å². The predicted octanol–water partition coefficient (Wildman–Crippen LogP) is 2.08. The van der Waals surface area contributed by atoms with Gasteiger partial charge in [-0.05, 0) is 0 Å². The van der Waals surface area contributed by atoms with Gasteiger partial charge in [-0.3, -0.25) is 4.79 Å². The summed E-state index contributed by atoms with van der Waals surface area (Å²) in [4.78, 5) is 15.0. The molecule has 0 radical (unpaired) electrons. The van der Waals surface area contributed by atoms with Crippen LogP contribution in [0.2, 0.25) is 0 Å². The van der Waals surface area contributed by atoms with Crippen molar-refractivity contribution < 1.29 is 13.9 Å². The van der Waals surface area contributed by atoms with Crippen LogP contribution in [0.25, 0.3) is 0 Å². The van der Waals surface area contributed by atoms with Gasteiger partial charge in [-0.1, -0.05) is 20.8 Å². The monoisotopic (exact) mass is 211 g/mol. The maximum Gasteiger partial charge on any atom is 0.306 e. The van der Waals surface area contributed by atoms with E-state index in [0.29, 0.717) is 18.7 Å². The summed E-state index contributed by atoms with van der Waals surface area (Å²) in [5.41, 5.74) is -0.0451. The zero-order valence-corrected chi connectivity index (χ0v) is 9.66. The molecular formula is C11H17NO3. The largest absolute Gasteiger partial charge is 0.469 e. The molecule has 4 heteroatoms. The molecule has 84 valence electrons. The minimum Gasteiger partial charge on any atom is -0.469 e. The van der Waals surface area contributed by atoms with Gasteiger partial charge in [-0.25, -0.2) is 4.98 Å². The molecule has 4 nitrogen and oxygen atoms in total. The summed E-state index contributed by atoms with van der Waals surface area (Å²) in [5.74, 6) is 1.18. The van der Waals surface area contributed by atoms with E-state index in [1.165, 1.54) is 7.11 Å². The zero-order valence-electron chi connectivity index (χ0n) is 9.66. The fraction of sp³-hybridized carbons (Fsp3) is 0.636. The van der Waals surface area contributed by atoms with Gasteiger partial charge in [0.15, 0.2) is 5.89 Å². The normalized spacial score (nSPS) is 11.5. The Hall–Kier alpha value is -1.32. The van der Waals surface area contributed by atoms with Crippen molar-refractivity contribution in [2.45, 2.75) is 39.0 Å². The minimum atomic E-state index is -0.245. The third-order valence-corrected chi connectivity index (χ3v) is 2.06. The standard InChI is InChI=1S/C11H17NO3/c1-11(2,3)8-7-12-9(15-8)5-6-10(13)14-4/h7H,5-6H2,1-4H3. The molecule has 0 amide bonds. The Labute approximate surface area is 89.6 Å². The van der Waals surface area contributed by atoms with Crippen LogP contribution in [0.1, 0.15) is 38.8 Å². The van der Waals surface area contributed by atoms with Crippen molar-refractivity contribution in [1.82, 2.24) is 4.98 Å². The molecule has 0 aliphatic carbocycles. The average molecular weight is 211 g/mol. The van der Waals surface area contributed by atoms with Crippen molar-refractivity contribution >= 4 is 5.97 Å². The second kappa shape index (κ2) is 4.47. The highest BCUT2D eigenvalue weighted by Gasteiger charge is 2.19. The summed E-state index contributed by atoms with van der Waals surface area (Å²) in [5, 5.41) is 0. The Morgan fingerprint density at radius 3 is 2.67 bits per heavy atom. The number of nitrogens with zero attached hydrogens (tertiary/aromatic N) is 1. The molecular weight excluding hydrogens is 194 g/mol. The number of carbonyl (C=O) groups excluding carboxylic acids is 1. The predicted molar refractivity (Wildman–Crippen MR) is 55.5 cm³/mol.